The maximum atomic E-state index is 12.4. The summed E-state index contributed by atoms with van der Waals surface area (Å²) in [6.07, 6.45) is 5.22. The van der Waals surface area contributed by atoms with E-state index in [-0.39, 0.29) is 11.8 Å². The molecule has 0 atom stereocenters. The number of amides is 2. The molecule has 1 aliphatic carbocycles. The zero-order valence-corrected chi connectivity index (χ0v) is 16.8. The summed E-state index contributed by atoms with van der Waals surface area (Å²) in [6.45, 7) is 1.91. The minimum Gasteiger partial charge on any atom is -0.332 e. The summed E-state index contributed by atoms with van der Waals surface area (Å²) in [7, 11) is 0. The van der Waals surface area contributed by atoms with E-state index in [2.05, 4.69) is 16.0 Å². The van der Waals surface area contributed by atoms with Crippen molar-refractivity contribution in [3.8, 4) is 0 Å². The Hall–Kier alpha value is -2.73. The summed E-state index contributed by atoms with van der Waals surface area (Å²) >= 11 is 5.22. The number of anilines is 2. The lowest BCUT2D eigenvalue weighted by Gasteiger charge is -2.12. The van der Waals surface area contributed by atoms with Gasteiger partial charge in [-0.1, -0.05) is 31.0 Å². The molecule has 1 saturated carbocycles. The molecule has 2 aromatic rings. The second kappa shape index (κ2) is 9.46. The molecule has 6 heteroatoms. The molecule has 3 rings (SSSR count). The van der Waals surface area contributed by atoms with E-state index >= 15 is 0 Å². The smallest absolute Gasteiger partial charge is 0.255 e. The maximum Gasteiger partial charge on any atom is 0.255 e. The Bertz CT molecular complexity index is 858. The van der Waals surface area contributed by atoms with Crippen molar-refractivity contribution >= 4 is 40.5 Å². The number of hydrogen-bond acceptors (Lipinski definition) is 3. The predicted octanol–water partition coefficient (Wildman–Crippen LogP) is 4.64. The van der Waals surface area contributed by atoms with Crippen molar-refractivity contribution < 1.29 is 9.59 Å². The summed E-state index contributed by atoms with van der Waals surface area (Å²) < 4.78 is 0. The van der Waals surface area contributed by atoms with Crippen molar-refractivity contribution in [2.75, 3.05) is 10.6 Å². The number of aryl methyl sites for hydroxylation is 1. The Balaban J connectivity index is 1.49. The van der Waals surface area contributed by atoms with Crippen LogP contribution in [-0.2, 0) is 4.79 Å². The van der Waals surface area contributed by atoms with Gasteiger partial charge in [0.25, 0.3) is 5.91 Å². The summed E-state index contributed by atoms with van der Waals surface area (Å²) in [6, 6.07) is 14.7. The van der Waals surface area contributed by atoms with Crippen LogP contribution in [0.5, 0.6) is 0 Å². The first-order chi connectivity index (χ1) is 13.5. The second-order valence-corrected chi connectivity index (χ2v) is 7.61. The molecule has 0 unspecified atom stereocenters. The van der Waals surface area contributed by atoms with E-state index in [0.717, 1.165) is 24.1 Å². The number of carbonyl (C=O) groups excluding carboxylic acids is 2. The molecule has 3 N–H and O–H groups in total. The normalized spacial score (nSPS) is 13.8. The molecule has 0 bridgehead atoms. The molecule has 0 aliphatic heterocycles. The van der Waals surface area contributed by atoms with Gasteiger partial charge in [-0.05, 0) is 73.8 Å². The Morgan fingerprint density at radius 3 is 2.21 bits per heavy atom. The monoisotopic (exact) mass is 395 g/mol. The van der Waals surface area contributed by atoms with E-state index in [9.17, 15) is 9.59 Å². The number of rotatable bonds is 5. The number of thiocarbonyl (C=S) groups is 1. The van der Waals surface area contributed by atoms with Crippen molar-refractivity contribution in [1.29, 1.82) is 0 Å². The van der Waals surface area contributed by atoms with Gasteiger partial charge in [-0.25, -0.2) is 0 Å². The van der Waals surface area contributed by atoms with Crippen molar-refractivity contribution in [2.24, 2.45) is 5.92 Å². The molecule has 146 valence electrons. The highest BCUT2D eigenvalue weighted by Crippen LogP contribution is 2.27. The van der Waals surface area contributed by atoms with Crippen molar-refractivity contribution in [3.63, 3.8) is 0 Å². The van der Waals surface area contributed by atoms with Gasteiger partial charge in [0.2, 0.25) is 5.91 Å². The Labute approximate surface area is 170 Å². The van der Waals surface area contributed by atoms with Crippen LogP contribution in [0.3, 0.4) is 0 Å². The molecule has 0 spiro atoms. The van der Waals surface area contributed by atoms with Gasteiger partial charge in [0.05, 0.1) is 0 Å². The summed E-state index contributed by atoms with van der Waals surface area (Å²) in [5.74, 6) is 0.305. The zero-order valence-electron chi connectivity index (χ0n) is 16.0. The van der Waals surface area contributed by atoms with Gasteiger partial charge in [-0.2, -0.15) is 0 Å². The molecule has 1 aliphatic rings. The molecule has 28 heavy (non-hydrogen) atoms. The molecule has 0 radical (unpaired) electrons. The number of carbonyl (C=O) groups is 2. The minimum absolute atomic E-state index is 0.0356. The third kappa shape index (κ3) is 5.63. The molecule has 5 nitrogen and oxygen atoms in total. The average Bonchev–Trinajstić information content (AvgIpc) is 3.16. The fourth-order valence-electron chi connectivity index (χ4n) is 3.48. The van der Waals surface area contributed by atoms with Crippen LogP contribution in [-0.4, -0.2) is 16.9 Å². The summed E-state index contributed by atoms with van der Waals surface area (Å²) in [5.41, 5.74) is 3.02. The van der Waals surface area contributed by atoms with E-state index in [0.29, 0.717) is 28.7 Å². The van der Waals surface area contributed by atoms with Crippen LogP contribution in [0.15, 0.2) is 48.5 Å². The van der Waals surface area contributed by atoms with E-state index in [1.807, 2.05) is 37.3 Å². The summed E-state index contributed by atoms with van der Waals surface area (Å²) in [5, 5.41) is 8.92. The SMILES string of the molecule is Cc1ccccc1C(=O)Nc1ccc(NC(=S)NC(=O)CC2CCCC2)cc1. The van der Waals surface area contributed by atoms with Crippen molar-refractivity contribution in [1.82, 2.24) is 5.32 Å². The van der Waals surface area contributed by atoms with Crippen LogP contribution in [0.2, 0.25) is 0 Å². The third-order valence-corrected chi connectivity index (χ3v) is 5.20. The van der Waals surface area contributed by atoms with Crippen LogP contribution >= 0.6 is 12.2 Å². The number of hydrogen-bond donors (Lipinski definition) is 3. The van der Waals surface area contributed by atoms with Gasteiger partial charge in [0.1, 0.15) is 0 Å². The van der Waals surface area contributed by atoms with Crippen LogP contribution in [0.4, 0.5) is 11.4 Å². The Morgan fingerprint density at radius 2 is 1.57 bits per heavy atom. The lowest BCUT2D eigenvalue weighted by Crippen LogP contribution is -2.34. The van der Waals surface area contributed by atoms with Gasteiger partial charge in [-0.3, -0.25) is 9.59 Å². The number of benzene rings is 2. The molecule has 2 aromatic carbocycles. The topological polar surface area (TPSA) is 70.2 Å². The fraction of sp³-hybridized carbons (Fsp3) is 0.318. The average molecular weight is 396 g/mol. The van der Waals surface area contributed by atoms with E-state index in [1.165, 1.54) is 12.8 Å². The van der Waals surface area contributed by atoms with Gasteiger partial charge >= 0.3 is 0 Å². The quantitative estimate of drug-likeness (QED) is 0.645. The lowest BCUT2D eigenvalue weighted by atomic mass is 10.0. The lowest BCUT2D eigenvalue weighted by molar-refractivity contribution is -0.120. The molecule has 0 saturated heterocycles. The predicted molar refractivity (Wildman–Crippen MR) is 117 cm³/mol. The van der Waals surface area contributed by atoms with Gasteiger partial charge in [0, 0.05) is 23.4 Å². The molecular weight excluding hydrogens is 370 g/mol. The molecule has 0 heterocycles. The fourth-order valence-corrected chi connectivity index (χ4v) is 3.71. The largest absolute Gasteiger partial charge is 0.332 e. The molecule has 0 aromatic heterocycles. The van der Waals surface area contributed by atoms with Crippen LogP contribution < -0.4 is 16.0 Å². The highest BCUT2D eigenvalue weighted by atomic mass is 32.1. The Morgan fingerprint density at radius 1 is 0.964 bits per heavy atom. The van der Waals surface area contributed by atoms with Gasteiger partial charge < -0.3 is 16.0 Å². The second-order valence-electron chi connectivity index (χ2n) is 7.20. The highest BCUT2D eigenvalue weighted by Gasteiger charge is 2.18. The standard InChI is InChI=1S/C22H25N3O2S/c1-15-6-2-5-9-19(15)21(27)23-17-10-12-18(13-11-17)24-22(28)25-20(26)14-16-7-3-4-8-16/h2,5-6,9-13,16H,3-4,7-8,14H2,1H3,(H,23,27)(H2,24,25,26,28). The van der Waals surface area contributed by atoms with Crippen LogP contribution in [0.1, 0.15) is 48.0 Å². The van der Waals surface area contributed by atoms with E-state index in [1.54, 1.807) is 18.2 Å². The van der Waals surface area contributed by atoms with Gasteiger partial charge in [-0.15, -0.1) is 0 Å². The highest BCUT2D eigenvalue weighted by molar-refractivity contribution is 7.80. The maximum absolute atomic E-state index is 12.4. The number of nitrogens with one attached hydrogen (secondary N) is 3. The first-order valence-electron chi connectivity index (χ1n) is 9.59. The molecular formula is C22H25N3O2S. The van der Waals surface area contributed by atoms with E-state index in [4.69, 9.17) is 12.2 Å². The van der Waals surface area contributed by atoms with Crippen molar-refractivity contribution in [3.05, 3.63) is 59.7 Å². The van der Waals surface area contributed by atoms with E-state index < -0.39 is 0 Å². The van der Waals surface area contributed by atoms with Crippen LogP contribution in [0.25, 0.3) is 0 Å². The molecule has 2 amide bonds. The summed E-state index contributed by atoms with van der Waals surface area (Å²) in [4.78, 5) is 24.4. The zero-order chi connectivity index (χ0) is 19.9. The first-order valence-corrected chi connectivity index (χ1v) is 10.00. The first kappa shape index (κ1) is 20.0. The van der Waals surface area contributed by atoms with Gasteiger partial charge in [0.15, 0.2) is 5.11 Å². The third-order valence-electron chi connectivity index (χ3n) is 4.99. The molecule has 1 fully saturated rings. The minimum atomic E-state index is -0.145. The van der Waals surface area contributed by atoms with Crippen LogP contribution in [0, 0.1) is 12.8 Å². The Kier molecular flexibility index (Phi) is 6.76. The van der Waals surface area contributed by atoms with Crippen molar-refractivity contribution in [2.45, 2.75) is 39.0 Å².